The van der Waals surface area contributed by atoms with Gasteiger partial charge in [-0.15, -0.1) is 0 Å². The number of rotatable bonds is 7. The van der Waals surface area contributed by atoms with Gasteiger partial charge in [-0.05, 0) is 52.6 Å². The molecule has 0 heterocycles. The minimum absolute atomic E-state index is 0.0157. The van der Waals surface area contributed by atoms with Gasteiger partial charge in [0.1, 0.15) is 11.5 Å². The van der Waals surface area contributed by atoms with Crippen molar-refractivity contribution in [3.63, 3.8) is 0 Å². The molecule has 0 atom stereocenters. The molecule has 0 bridgehead atoms. The Morgan fingerprint density at radius 3 is 2.58 bits per heavy atom. The molecule has 0 aliphatic carbocycles. The molecule has 0 saturated heterocycles. The minimum atomic E-state index is -0.134. The second-order valence-corrected chi connectivity index (χ2v) is 6.07. The van der Waals surface area contributed by atoms with Crippen molar-refractivity contribution in [3.05, 3.63) is 71.8 Å². The third kappa shape index (κ3) is 4.33. The normalized spacial score (nSPS) is 10.5. The first-order chi connectivity index (χ1) is 12.7. The molecule has 134 valence electrons. The number of benzene rings is 3. The van der Waals surface area contributed by atoms with Crippen molar-refractivity contribution in [1.82, 2.24) is 5.32 Å². The van der Waals surface area contributed by atoms with Gasteiger partial charge in [0.15, 0.2) is 6.61 Å². The predicted molar refractivity (Wildman–Crippen MR) is 104 cm³/mol. The largest absolute Gasteiger partial charge is 0.497 e. The Labute approximate surface area is 153 Å². The maximum Gasteiger partial charge on any atom is 0.258 e. The molecule has 0 saturated carbocycles. The maximum absolute atomic E-state index is 12.1. The number of para-hydroxylation sites is 1. The number of fused-ring (bicyclic) bond motifs is 1. The van der Waals surface area contributed by atoms with Crippen LogP contribution in [0.4, 0.5) is 0 Å². The zero-order valence-electron chi connectivity index (χ0n) is 15.1. The highest BCUT2D eigenvalue weighted by Crippen LogP contribution is 2.22. The summed E-state index contributed by atoms with van der Waals surface area (Å²) in [5.41, 5.74) is 2.15. The summed E-state index contributed by atoms with van der Waals surface area (Å²) in [7, 11) is 1.66. The predicted octanol–water partition coefficient (Wildman–Crippen LogP) is 4.11. The third-order valence-corrected chi connectivity index (χ3v) is 4.31. The fraction of sp³-hybridized carbons (Fsp3) is 0.227. The van der Waals surface area contributed by atoms with Crippen LogP contribution in [0, 0.1) is 0 Å². The molecule has 3 rings (SSSR count). The lowest BCUT2D eigenvalue weighted by Gasteiger charge is -2.11. The summed E-state index contributed by atoms with van der Waals surface area (Å²) < 4.78 is 10.9. The van der Waals surface area contributed by atoms with Gasteiger partial charge in [0.2, 0.25) is 0 Å². The van der Waals surface area contributed by atoms with E-state index in [1.54, 1.807) is 7.11 Å². The number of carbonyl (C=O) groups is 1. The van der Waals surface area contributed by atoms with Crippen molar-refractivity contribution < 1.29 is 14.3 Å². The van der Waals surface area contributed by atoms with Crippen molar-refractivity contribution in [1.29, 1.82) is 0 Å². The van der Waals surface area contributed by atoms with E-state index < -0.39 is 0 Å². The van der Waals surface area contributed by atoms with Crippen molar-refractivity contribution in [3.8, 4) is 11.5 Å². The molecule has 0 radical (unpaired) electrons. The Morgan fingerprint density at radius 2 is 1.77 bits per heavy atom. The van der Waals surface area contributed by atoms with Gasteiger partial charge in [0.25, 0.3) is 5.91 Å². The van der Waals surface area contributed by atoms with E-state index in [0.717, 1.165) is 39.8 Å². The van der Waals surface area contributed by atoms with E-state index in [4.69, 9.17) is 9.47 Å². The first-order valence-electron chi connectivity index (χ1n) is 8.73. The Balaban J connectivity index is 1.56. The van der Waals surface area contributed by atoms with E-state index in [2.05, 4.69) is 18.3 Å². The highest BCUT2D eigenvalue weighted by atomic mass is 16.5. The monoisotopic (exact) mass is 349 g/mol. The summed E-state index contributed by atoms with van der Waals surface area (Å²) in [6.45, 7) is 2.55. The number of carbonyl (C=O) groups excluding carboxylic acids is 1. The molecular formula is C22H23NO3. The van der Waals surface area contributed by atoms with Gasteiger partial charge in [-0.3, -0.25) is 4.79 Å². The fourth-order valence-corrected chi connectivity index (χ4v) is 2.84. The highest BCUT2D eigenvalue weighted by molar-refractivity contribution is 5.84. The summed E-state index contributed by atoms with van der Waals surface area (Å²) in [4.78, 5) is 12.1. The molecule has 0 unspecified atom stereocenters. The van der Waals surface area contributed by atoms with Crippen molar-refractivity contribution in [2.24, 2.45) is 0 Å². The average Bonchev–Trinajstić information content (AvgIpc) is 2.70. The van der Waals surface area contributed by atoms with Crippen molar-refractivity contribution >= 4 is 16.7 Å². The van der Waals surface area contributed by atoms with Crippen LogP contribution in [-0.4, -0.2) is 19.6 Å². The molecule has 0 spiro atoms. The Hall–Kier alpha value is -3.01. The van der Waals surface area contributed by atoms with Crippen LogP contribution in [0.25, 0.3) is 10.8 Å². The first kappa shape index (κ1) is 17.8. The summed E-state index contributed by atoms with van der Waals surface area (Å²) in [5.74, 6) is 1.47. The van der Waals surface area contributed by atoms with Crippen LogP contribution >= 0.6 is 0 Å². The lowest BCUT2D eigenvalue weighted by atomic mass is 10.1. The number of aryl methyl sites for hydroxylation is 1. The van der Waals surface area contributed by atoms with Gasteiger partial charge in [0, 0.05) is 6.54 Å². The molecular weight excluding hydrogens is 326 g/mol. The van der Waals surface area contributed by atoms with Crippen LogP contribution in [0.5, 0.6) is 11.5 Å². The van der Waals surface area contributed by atoms with Crippen LogP contribution in [0.2, 0.25) is 0 Å². The second kappa shape index (κ2) is 8.39. The summed E-state index contributed by atoms with van der Waals surface area (Å²) in [5, 5.41) is 5.13. The molecule has 3 aromatic rings. The Bertz CT molecular complexity index is 905. The number of hydrogen-bond donors (Lipinski definition) is 1. The topological polar surface area (TPSA) is 47.6 Å². The summed E-state index contributed by atoms with van der Waals surface area (Å²) >= 11 is 0. The second-order valence-electron chi connectivity index (χ2n) is 6.07. The van der Waals surface area contributed by atoms with E-state index in [1.165, 1.54) is 0 Å². The molecule has 0 aliphatic heterocycles. The molecule has 4 nitrogen and oxygen atoms in total. The molecule has 1 amide bonds. The van der Waals surface area contributed by atoms with E-state index >= 15 is 0 Å². The van der Waals surface area contributed by atoms with Crippen LogP contribution in [0.1, 0.15) is 18.1 Å². The van der Waals surface area contributed by atoms with E-state index in [0.29, 0.717) is 6.54 Å². The lowest BCUT2D eigenvalue weighted by molar-refractivity contribution is -0.123. The average molecular weight is 349 g/mol. The fourth-order valence-electron chi connectivity index (χ4n) is 2.84. The van der Waals surface area contributed by atoms with Gasteiger partial charge >= 0.3 is 0 Å². The van der Waals surface area contributed by atoms with E-state index in [9.17, 15) is 4.79 Å². The molecule has 0 aliphatic rings. The Kier molecular flexibility index (Phi) is 5.74. The molecule has 3 aromatic carbocycles. The van der Waals surface area contributed by atoms with Crippen LogP contribution in [0.3, 0.4) is 0 Å². The smallest absolute Gasteiger partial charge is 0.258 e. The summed E-state index contributed by atoms with van der Waals surface area (Å²) in [6.07, 6.45) is 0.875. The Morgan fingerprint density at radius 1 is 1.00 bits per heavy atom. The van der Waals surface area contributed by atoms with Gasteiger partial charge in [0.05, 0.1) is 7.11 Å². The number of methoxy groups -OCH3 is 1. The maximum atomic E-state index is 12.1. The first-order valence-corrected chi connectivity index (χ1v) is 8.73. The van der Waals surface area contributed by atoms with Gasteiger partial charge in [-0.1, -0.05) is 43.3 Å². The van der Waals surface area contributed by atoms with E-state index in [1.807, 2.05) is 54.6 Å². The number of hydrogen-bond acceptors (Lipinski definition) is 3. The quantitative estimate of drug-likeness (QED) is 0.698. The van der Waals surface area contributed by atoms with Gasteiger partial charge in [-0.25, -0.2) is 0 Å². The van der Waals surface area contributed by atoms with Gasteiger partial charge < -0.3 is 14.8 Å². The van der Waals surface area contributed by atoms with Crippen molar-refractivity contribution in [2.75, 3.05) is 13.7 Å². The van der Waals surface area contributed by atoms with Gasteiger partial charge in [-0.2, -0.15) is 0 Å². The lowest BCUT2D eigenvalue weighted by Crippen LogP contribution is -2.28. The zero-order valence-corrected chi connectivity index (χ0v) is 15.1. The third-order valence-electron chi connectivity index (χ3n) is 4.31. The SMILES string of the molecule is CCc1ccccc1OCC(=O)NCc1ccc2cc(OC)ccc2c1. The molecule has 4 heteroatoms. The minimum Gasteiger partial charge on any atom is -0.497 e. The molecule has 0 fully saturated rings. The molecule has 1 N–H and O–H groups in total. The summed E-state index contributed by atoms with van der Waals surface area (Å²) in [6, 6.07) is 19.9. The van der Waals surface area contributed by atoms with E-state index in [-0.39, 0.29) is 12.5 Å². The molecule has 26 heavy (non-hydrogen) atoms. The number of amides is 1. The van der Waals surface area contributed by atoms with Crippen LogP contribution < -0.4 is 14.8 Å². The van der Waals surface area contributed by atoms with Crippen LogP contribution in [-0.2, 0) is 17.8 Å². The standard InChI is InChI=1S/C22H23NO3/c1-3-17-6-4-5-7-21(17)26-15-22(24)23-14-16-8-9-19-13-20(25-2)11-10-18(19)12-16/h4-13H,3,14-15H2,1-2H3,(H,23,24). The number of ether oxygens (including phenoxy) is 2. The highest BCUT2D eigenvalue weighted by Gasteiger charge is 2.06. The van der Waals surface area contributed by atoms with Crippen LogP contribution in [0.15, 0.2) is 60.7 Å². The number of nitrogens with one attached hydrogen (secondary N) is 1. The molecule has 0 aromatic heterocycles. The zero-order chi connectivity index (χ0) is 18.4. The van der Waals surface area contributed by atoms with Crippen molar-refractivity contribution in [2.45, 2.75) is 19.9 Å².